The van der Waals surface area contributed by atoms with Crippen molar-refractivity contribution in [2.24, 2.45) is 11.8 Å². The smallest absolute Gasteiger partial charge is 0.412 e. The fraction of sp³-hybridized carbons (Fsp3) is 0.696. The second kappa shape index (κ2) is 9.27. The molecule has 0 radical (unpaired) electrons. The Kier molecular flexibility index (Phi) is 7.52. The topological polar surface area (TPSA) is 48.0 Å². The van der Waals surface area contributed by atoms with E-state index in [4.69, 9.17) is 14.2 Å². The van der Waals surface area contributed by atoms with E-state index in [0.29, 0.717) is 31.7 Å². The van der Waals surface area contributed by atoms with Crippen LogP contribution in [0, 0.1) is 11.8 Å². The minimum absolute atomic E-state index is 0.0161. The number of carbonyl (C=O) groups is 1. The molecule has 0 aliphatic carbocycles. The largest absolute Gasteiger partial charge is 0.444 e. The normalized spacial score (nSPS) is 20.4. The van der Waals surface area contributed by atoms with Crippen LogP contribution < -0.4 is 0 Å². The summed E-state index contributed by atoms with van der Waals surface area (Å²) in [5, 5.41) is 0. The zero-order valence-electron chi connectivity index (χ0n) is 18.5. The first-order valence-corrected chi connectivity index (χ1v) is 10.3. The maximum absolute atomic E-state index is 12.8. The summed E-state index contributed by atoms with van der Waals surface area (Å²) in [5.41, 5.74) is -0.0265. The molecule has 1 aromatic rings. The van der Waals surface area contributed by atoms with Crippen LogP contribution in [0.25, 0.3) is 0 Å². The summed E-state index contributed by atoms with van der Waals surface area (Å²) in [5.74, 6) is 0.774. The van der Waals surface area contributed by atoms with Gasteiger partial charge in [-0.25, -0.2) is 4.79 Å². The first-order chi connectivity index (χ1) is 13.0. The van der Waals surface area contributed by atoms with Gasteiger partial charge in [0.25, 0.3) is 0 Å². The second-order valence-corrected chi connectivity index (χ2v) is 9.50. The number of carbonyl (C=O) groups excluding carboxylic acids is 1. The lowest BCUT2D eigenvalue weighted by atomic mass is 9.89. The molecule has 1 fully saturated rings. The van der Waals surface area contributed by atoms with Crippen molar-refractivity contribution in [1.82, 2.24) is 4.90 Å². The zero-order valence-corrected chi connectivity index (χ0v) is 18.5. The molecule has 0 spiro atoms. The molecule has 0 N–H and O–H groups in total. The summed E-state index contributed by atoms with van der Waals surface area (Å²) in [4.78, 5) is 14.6. The van der Waals surface area contributed by atoms with Gasteiger partial charge >= 0.3 is 6.09 Å². The average molecular weight is 392 g/mol. The Morgan fingerprint density at radius 3 is 2.46 bits per heavy atom. The second-order valence-electron chi connectivity index (χ2n) is 9.50. The lowest BCUT2D eigenvalue weighted by Crippen LogP contribution is -2.50. The molecule has 158 valence electrons. The zero-order chi connectivity index (χ0) is 20.9. The van der Waals surface area contributed by atoms with Crippen molar-refractivity contribution in [2.45, 2.75) is 78.9 Å². The van der Waals surface area contributed by atoms with Crippen LogP contribution in [-0.4, -0.2) is 41.6 Å². The fourth-order valence-corrected chi connectivity index (χ4v) is 3.52. The molecule has 1 heterocycles. The van der Waals surface area contributed by atoms with E-state index in [1.807, 2.05) is 52.8 Å². The van der Waals surface area contributed by atoms with E-state index in [0.717, 1.165) is 6.42 Å². The third kappa shape index (κ3) is 6.49. The highest BCUT2D eigenvalue weighted by Gasteiger charge is 2.46. The van der Waals surface area contributed by atoms with Crippen molar-refractivity contribution in [3.8, 4) is 0 Å². The highest BCUT2D eigenvalue weighted by molar-refractivity contribution is 5.69. The van der Waals surface area contributed by atoms with E-state index >= 15 is 0 Å². The van der Waals surface area contributed by atoms with Crippen LogP contribution in [0.1, 0.15) is 60.5 Å². The molecule has 0 bridgehead atoms. The Morgan fingerprint density at radius 1 is 1.25 bits per heavy atom. The number of hydrogen-bond acceptors (Lipinski definition) is 4. The average Bonchev–Trinajstić information content (AvgIpc) is 2.87. The van der Waals surface area contributed by atoms with E-state index in [1.54, 1.807) is 4.90 Å². The Morgan fingerprint density at radius 2 is 1.89 bits per heavy atom. The van der Waals surface area contributed by atoms with Crippen molar-refractivity contribution in [2.75, 3.05) is 13.2 Å². The fourth-order valence-electron chi connectivity index (χ4n) is 3.52. The van der Waals surface area contributed by atoms with Crippen LogP contribution in [0.4, 0.5) is 4.79 Å². The predicted molar refractivity (Wildman–Crippen MR) is 111 cm³/mol. The van der Waals surface area contributed by atoms with Crippen molar-refractivity contribution < 1.29 is 19.0 Å². The maximum Gasteiger partial charge on any atom is 0.412 e. The molecule has 1 saturated heterocycles. The quantitative estimate of drug-likeness (QED) is 0.638. The summed E-state index contributed by atoms with van der Waals surface area (Å²) in [7, 11) is 0. The molecule has 28 heavy (non-hydrogen) atoms. The van der Waals surface area contributed by atoms with Crippen molar-refractivity contribution >= 4 is 6.09 Å². The summed E-state index contributed by atoms with van der Waals surface area (Å²) < 4.78 is 17.6. The Hall–Kier alpha value is -1.59. The summed E-state index contributed by atoms with van der Waals surface area (Å²) >= 11 is 0. The Bertz CT molecular complexity index is 621. The molecular weight excluding hydrogens is 354 g/mol. The van der Waals surface area contributed by atoms with Crippen LogP contribution >= 0.6 is 0 Å². The van der Waals surface area contributed by atoms with Gasteiger partial charge in [0.05, 0.1) is 25.9 Å². The Labute approximate surface area is 170 Å². The molecule has 0 saturated carbocycles. The van der Waals surface area contributed by atoms with Gasteiger partial charge < -0.3 is 14.2 Å². The molecule has 1 aliphatic heterocycles. The highest BCUT2D eigenvalue weighted by atomic mass is 16.6. The molecule has 0 aromatic heterocycles. The van der Waals surface area contributed by atoms with Gasteiger partial charge in [-0.05, 0) is 58.4 Å². The number of rotatable bonds is 7. The van der Waals surface area contributed by atoms with Crippen LogP contribution in [0.3, 0.4) is 0 Å². The minimum Gasteiger partial charge on any atom is -0.444 e. The molecule has 1 aromatic carbocycles. The van der Waals surface area contributed by atoms with Gasteiger partial charge in [0.1, 0.15) is 11.3 Å². The van der Waals surface area contributed by atoms with Crippen LogP contribution in [0.5, 0.6) is 0 Å². The molecule has 5 heteroatoms. The van der Waals surface area contributed by atoms with Crippen LogP contribution in [0.15, 0.2) is 30.3 Å². The number of amides is 1. The monoisotopic (exact) mass is 391 g/mol. The van der Waals surface area contributed by atoms with Crippen molar-refractivity contribution in [3.63, 3.8) is 0 Å². The third-order valence-corrected chi connectivity index (χ3v) is 5.13. The highest BCUT2D eigenvalue weighted by Crippen LogP contribution is 2.33. The van der Waals surface area contributed by atoms with Gasteiger partial charge in [0.15, 0.2) is 0 Å². The standard InChI is InChI=1S/C23H37NO4/c1-17(2)19(15-26-14-18-11-9-8-10-12-18)13-20-16-27-23(6,7)24(20)21(25)28-22(3,4)5/h8-12,17,19-20H,13-16H2,1-7H3/t19-,20?/m1/s1. The molecule has 1 amide bonds. The van der Waals surface area contributed by atoms with E-state index in [9.17, 15) is 4.79 Å². The number of benzene rings is 1. The summed E-state index contributed by atoms with van der Waals surface area (Å²) in [6.07, 6.45) is 0.516. The lowest BCUT2D eigenvalue weighted by Gasteiger charge is -2.36. The maximum atomic E-state index is 12.8. The van der Waals surface area contributed by atoms with E-state index < -0.39 is 11.3 Å². The third-order valence-electron chi connectivity index (χ3n) is 5.13. The van der Waals surface area contributed by atoms with Gasteiger partial charge in [-0.3, -0.25) is 4.90 Å². The minimum atomic E-state index is -0.667. The van der Waals surface area contributed by atoms with Crippen LogP contribution in [-0.2, 0) is 20.8 Å². The molecule has 5 nitrogen and oxygen atoms in total. The van der Waals surface area contributed by atoms with Gasteiger partial charge in [0, 0.05) is 0 Å². The summed E-state index contributed by atoms with van der Waals surface area (Å²) in [6.45, 7) is 15.7. The molecule has 2 rings (SSSR count). The van der Waals surface area contributed by atoms with Gasteiger partial charge in [-0.2, -0.15) is 0 Å². The predicted octanol–water partition coefficient (Wildman–Crippen LogP) is 5.24. The van der Waals surface area contributed by atoms with Gasteiger partial charge in [-0.1, -0.05) is 44.2 Å². The molecular formula is C23H37NO4. The molecule has 1 unspecified atom stereocenters. The van der Waals surface area contributed by atoms with Gasteiger partial charge in [0.2, 0.25) is 0 Å². The SMILES string of the molecule is CC(C)[C@@H](COCc1ccccc1)CC1COC(C)(C)N1C(=O)OC(C)(C)C. The Balaban J connectivity index is 2.00. The van der Waals surface area contributed by atoms with E-state index in [-0.39, 0.29) is 12.1 Å². The number of ether oxygens (including phenoxy) is 3. The summed E-state index contributed by atoms with van der Waals surface area (Å²) in [6, 6.07) is 10.2. The van der Waals surface area contributed by atoms with Crippen molar-refractivity contribution in [1.29, 1.82) is 0 Å². The molecule has 2 atom stereocenters. The van der Waals surface area contributed by atoms with Crippen molar-refractivity contribution in [3.05, 3.63) is 35.9 Å². The first-order valence-electron chi connectivity index (χ1n) is 10.3. The molecule has 1 aliphatic rings. The lowest BCUT2D eigenvalue weighted by molar-refractivity contribution is -0.0638. The number of hydrogen-bond donors (Lipinski definition) is 0. The number of nitrogens with zero attached hydrogens (tertiary/aromatic N) is 1. The first kappa shape index (κ1) is 22.7. The van der Waals surface area contributed by atoms with E-state index in [1.165, 1.54) is 5.56 Å². The van der Waals surface area contributed by atoms with E-state index in [2.05, 4.69) is 26.0 Å². The van der Waals surface area contributed by atoms with Crippen LogP contribution in [0.2, 0.25) is 0 Å². The van der Waals surface area contributed by atoms with Gasteiger partial charge in [-0.15, -0.1) is 0 Å².